The summed E-state index contributed by atoms with van der Waals surface area (Å²) in [5.74, 6) is -5.66. The monoisotopic (exact) mass is 1190 g/mol. The number of carbonyl (C=O) groups excluding carboxylic acids is 7. The molecule has 1 fully saturated rings. The number of nitrogens with one attached hydrogen (secondary N) is 1. The van der Waals surface area contributed by atoms with Crippen molar-refractivity contribution in [2.45, 2.75) is 231 Å². The minimum absolute atomic E-state index is 0.0225. The smallest absolute Gasteiger partial charge is 0.306 e. The first-order valence-electron chi connectivity index (χ1n) is 31.8. The van der Waals surface area contributed by atoms with Crippen molar-refractivity contribution in [1.82, 2.24) is 5.32 Å². The third kappa shape index (κ3) is 15.5. The quantitative estimate of drug-likeness (QED) is 0.0469. The molecule has 0 amide bonds. The van der Waals surface area contributed by atoms with Gasteiger partial charge in [0.2, 0.25) is 0 Å². The number of hydrogen-bond acceptors (Lipinski definition) is 19. The van der Waals surface area contributed by atoms with E-state index in [-0.39, 0.29) is 122 Å². The lowest BCUT2D eigenvalue weighted by atomic mass is 9.55. The van der Waals surface area contributed by atoms with E-state index in [0.29, 0.717) is 96.7 Å². The number of carbonyl (C=O) groups is 7. The zero-order valence-electron chi connectivity index (χ0n) is 54.2. The van der Waals surface area contributed by atoms with Gasteiger partial charge in [-0.15, -0.1) is 0 Å². The topological polar surface area (TPSA) is 259 Å². The third-order valence-electron chi connectivity index (χ3n) is 18.7. The Morgan fingerprint density at radius 1 is 0.506 bits per heavy atom. The highest BCUT2D eigenvalue weighted by atomic mass is 16.6. The summed E-state index contributed by atoms with van der Waals surface area (Å²) in [7, 11) is 0. The molecule has 3 N–H and O–H groups in total. The predicted octanol–water partition coefficient (Wildman–Crippen LogP) is 11.3. The summed E-state index contributed by atoms with van der Waals surface area (Å²) in [6.45, 7) is 30.8. The van der Waals surface area contributed by atoms with Crippen LogP contribution in [-0.4, -0.2) is 117 Å². The highest BCUT2D eigenvalue weighted by molar-refractivity contribution is 6.11. The molecule has 476 valence electrons. The van der Waals surface area contributed by atoms with Crippen molar-refractivity contribution < 1.29 is 66.7 Å². The molecule has 0 unspecified atom stereocenters. The van der Waals surface area contributed by atoms with Crippen LogP contribution in [0.3, 0.4) is 0 Å². The van der Waals surface area contributed by atoms with E-state index < -0.39 is 92.7 Å². The Morgan fingerprint density at radius 3 is 1.41 bits per heavy atom. The molecule has 0 aromatic heterocycles. The number of ether oxygens (including phenoxy) is 7. The van der Waals surface area contributed by atoms with Crippen molar-refractivity contribution in [1.29, 1.82) is 0 Å². The predicted molar refractivity (Wildman–Crippen MR) is 326 cm³/mol. The summed E-state index contributed by atoms with van der Waals surface area (Å²) < 4.78 is 40.6. The van der Waals surface area contributed by atoms with Gasteiger partial charge in [-0.25, -0.2) is 0 Å². The number of esters is 7. The van der Waals surface area contributed by atoms with Crippen LogP contribution in [0.5, 0.6) is 0 Å². The van der Waals surface area contributed by atoms with E-state index in [4.69, 9.17) is 53.9 Å². The Labute approximate surface area is 506 Å². The lowest BCUT2D eigenvalue weighted by Gasteiger charge is -2.48. The van der Waals surface area contributed by atoms with Crippen molar-refractivity contribution in [3.8, 4) is 0 Å². The Bertz CT molecular complexity index is 2650. The SMILES string of the molecule is CCCOC(=O)CC[C@@H]1/C2=C(\C)C3=N[C@H]([C@H](CC(=O)OCCC)[C@@]3(C)CCC(=O)OCCC)[C@]3(C)N=C(C(C)=C4N/C(=C(/N)C(=N2)C1(C)C)[C@@H](CCC(=O)OCCC)[C@]4(C)CC(=O)OCCC)[C@@H](CCC(=O)OCCC)[C@]3(C)CC(=O)OCCC. The highest BCUT2D eigenvalue weighted by Crippen LogP contribution is 2.63. The van der Waals surface area contributed by atoms with Crippen LogP contribution in [0.4, 0.5) is 0 Å². The van der Waals surface area contributed by atoms with Crippen molar-refractivity contribution in [2.24, 2.45) is 66.0 Å². The second-order valence-electron chi connectivity index (χ2n) is 25.4. The van der Waals surface area contributed by atoms with E-state index in [9.17, 15) is 33.6 Å². The van der Waals surface area contributed by atoms with Gasteiger partial charge < -0.3 is 44.2 Å². The standard InChI is InChI=1S/C66H103N5O14/c1-16-31-79-47(72)26-23-43-55-41(8)58-63(12,30-29-50(75)82-34-19-4)46(38-51(76)83-35-20-5)60(70-58)66(15)65(14,40-53(78)85-37-22-7)45(25-28-49(74)81-33-18-3)56(71-66)42(9)59-64(13,39-52(77)84-36-21-6)44(24-27-48(73)80-32-17-2)57(69-59)54(67)61(68-55)62(43,10)11/h43-46,60,69H,16-40,67H2,1-15H3/b55-41-,57-54+,59-42?/t43-,44-,45-,46+,60-,63-,64+,65+,66+/m1/s1. The minimum Gasteiger partial charge on any atom is -0.466 e. The zero-order chi connectivity index (χ0) is 63.1. The molecule has 0 aliphatic carbocycles. The average molecular weight is 1190 g/mol. The lowest BCUT2D eigenvalue weighted by molar-refractivity contribution is -0.150. The van der Waals surface area contributed by atoms with Gasteiger partial charge in [0.05, 0.1) is 88.5 Å². The third-order valence-corrected chi connectivity index (χ3v) is 18.7. The Balaban J connectivity index is 2.06. The van der Waals surface area contributed by atoms with Gasteiger partial charge in [0.1, 0.15) is 0 Å². The van der Waals surface area contributed by atoms with E-state index >= 15 is 0 Å². The molecule has 5 rings (SSSR count). The summed E-state index contributed by atoms with van der Waals surface area (Å²) >= 11 is 0. The molecule has 0 saturated carbocycles. The van der Waals surface area contributed by atoms with E-state index in [0.717, 1.165) is 0 Å². The molecular formula is C66H103N5O14. The number of rotatable bonds is 32. The summed E-state index contributed by atoms with van der Waals surface area (Å²) in [6, 6.07) is -0.921. The first-order chi connectivity index (χ1) is 40.2. The normalized spacial score (nSPS) is 29.2. The van der Waals surface area contributed by atoms with Gasteiger partial charge in [-0.05, 0) is 103 Å². The second kappa shape index (κ2) is 30.7. The molecule has 0 radical (unpaired) electrons. The van der Waals surface area contributed by atoms with Gasteiger partial charge in [0.25, 0.3) is 0 Å². The van der Waals surface area contributed by atoms with Gasteiger partial charge in [0, 0.05) is 99.5 Å². The molecular weight excluding hydrogens is 1090 g/mol. The van der Waals surface area contributed by atoms with Crippen LogP contribution in [0.15, 0.2) is 48.9 Å². The Hall–Kier alpha value is -5.88. The fourth-order valence-corrected chi connectivity index (χ4v) is 13.9. The van der Waals surface area contributed by atoms with E-state index in [1.165, 1.54) is 0 Å². The lowest BCUT2D eigenvalue weighted by Crippen LogP contribution is -2.55. The van der Waals surface area contributed by atoms with Crippen molar-refractivity contribution in [3.05, 3.63) is 33.9 Å². The first-order valence-corrected chi connectivity index (χ1v) is 31.8. The maximum absolute atomic E-state index is 14.7. The summed E-state index contributed by atoms with van der Waals surface area (Å²) in [5.41, 5.74) is 6.74. The zero-order valence-corrected chi connectivity index (χ0v) is 54.2. The van der Waals surface area contributed by atoms with Crippen molar-refractivity contribution in [2.75, 3.05) is 46.2 Å². The van der Waals surface area contributed by atoms with Crippen molar-refractivity contribution >= 4 is 58.9 Å². The summed E-state index contributed by atoms with van der Waals surface area (Å²) in [4.78, 5) is 116. The van der Waals surface area contributed by atoms with E-state index in [1.807, 2.05) is 104 Å². The molecule has 0 aromatic rings. The molecule has 19 nitrogen and oxygen atoms in total. The fraction of sp³-hybridized carbons (Fsp3) is 0.758. The van der Waals surface area contributed by atoms with Gasteiger partial charge >= 0.3 is 41.8 Å². The second-order valence-corrected chi connectivity index (χ2v) is 25.4. The first kappa shape index (κ1) is 69.9. The Morgan fingerprint density at radius 2 is 0.929 bits per heavy atom. The van der Waals surface area contributed by atoms with Gasteiger partial charge in [-0.1, -0.05) is 83.1 Å². The maximum Gasteiger partial charge on any atom is 0.306 e. The van der Waals surface area contributed by atoms with Crippen LogP contribution >= 0.6 is 0 Å². The molecule has 85 heavy (non-hydrogen) atoms. The fourth-order valence-electron chi connectivity index (χ4n) is 13.9. The molecule has 1 saturated heterocycles. The highest BCUT2D eigenvalue weighted by Gasteiger charge is 2.67. The molecule has 5 heterocycles. The van der Waals surface area contributed by atoms with Crippen LogP contribution in [0.25, 0.3) is 0 Å². The number of allylic oxidation sites excluding steroid dienone is 6. The summed E-state index contributed by atoms with van der Waals surface area (Å²) in [5, 5.41) is 3.80. The molecule has 8 bridgehead atoms. The van der Waals surface area contributed by atoms with Gasteiger partial charge in [0.15, 0.2) is 0 Å². The molecule has 5 aliphatic heterocycles. The number of aliphatic imine (C=N–C) groups is 3. The van der Waals surface area contributed by atoms with E-state index in [2.05, 4.69) is 5.32 Å². The summed E-state index contributed by atoms with van der Waals surface area (Å²) in [6.07, 6.45) is 4.48. The molecule has 9 atom stereocenters. The molecule has 19 heteroatoms. The van der Waals surface area contributed by atoms with Crippen LogP contribution in [0.2, 0.25) is 0 Å². The molecule has 5 aliphatic rings. The Kier molecular flexibility index (Phi) is 25.2. The number of hydrogen-bond donors (Lipinski definition) is 2. The van der Waals surface area contributed by atoms with E-state index in [1.54, 1.807) is 0 Å². The van der Waals surface area contributed by atoms with Crippen LogP contribution < -0.4 is 11.1 Å². The number of nitrogens with two attached hydrogens (primary N) is 1. The number of nitrogens with zero attached hydrogens (tertiary/aromatic N) is 3. The van der Waals surface area contributed by atoms with Crippen LogP contribution in [0, 0.1) is 45.3 Å². The van der Waals surface area contributed by atoms with Crippen LogP contribution in [0.1, 0.15) is 219 Å². The van der Waals surface area contributed by atoms with Crippen molar-refractivity contribution in [3.63, 3.8) is 0 Å². The molecule has 0 aromatic carbocycles. The average Bonchev–Trinajstić information content (AvgIpc) is 1.57. The largest absolute Gasteiger partial charge is 0.466 e. The minimum atomic E-state index is -1.42. The number of fused-ring (bicyclic) bond motifs is 6. The van der Waals surface area contributed by atoms with Gasteiger partial charge in [-0.2, -0.15) is 0 Å². The van der Waals surface area contributed by atoms with Crippen LogP contribution in [-0.2, 0) is 66.7 Å². The molecule has 0 spiro atoms. The maximum atomic E-state index is 14.7. The van der Waals surface area contributed by atoms with Gasteiger partial charge in [-0.3, -0.25) is 48.5 Å².